The summed E-state index contributed by atoms with van der Waals surface area (Å²) in [5.74, 6) is -1.50. The molecule has 1 aliphatic heterocycles. The predicted octanol–water partition coefficient (Wildman–Crippen LogP) is 5.00. The van der Waals surface area contributed by atoms with Crippen molar-refractivity contribution >= 4 is 64.4 Å². The minimum absolute atomic E-state index is 0.0539. The number of carbonyl (C=O) groups excluding carboxylic acids is 4. The third kappa shape index (κ3) is 6.03. The van der Waals surface area contributed by atoms with E-state index >= 15 is 0 Å². The molecule has 1 saturated heterocycles. The minimum atomic E-state index is -0.905. The number of halogens is 2. The van der Waals surface area contributed by atoms with Crippen molar-refractivity contribution < 1.29 is 33.4 Å². The van der Waals surface area contributed by atoms with Gasteiger partial charge >= 0.3 is 6.03 Å². The average molecular weight is 584 g/mol. The Morgan fingerprint density at radius 2 is 1.70 bits per heavy atom. The first-order chi connectivity index (χ1) is 19.1. The Hall–Kier alpha value is -4.54. The number of hydrogen-bond donors (Lipinski definition) is 2. The monoisotopic (exact) mass is 583 g/mol. The zero-order valence-electron chi connectivity index (χ0n) is 21.5. The van der Waals surface area contributed by atoms with E-state index in [1.54, 1.807) is 43.3 Å². The van der Waals surface area contributed by atoms with Crippen molar-refractivity contribution in [3.8, 4) is 17.2 Å². The van der Waals surface area contributed by atoms with E-state index < -0.39 is 30.4 Å². The third-order valence-corrected chi connectivity index (χ3v) is 6.49. The fourth-order valence-corrected chi connectivity index (χ4v) is 4.26. The molecule has 40 heavy (non-hydrogen) atoms. The normalized spacial score (nSPS) is 14.2. The van der Waals surface area contributed by atoms with Gasteiger partial charge in [-0.15, -0.1) is 0 Å². The van der Waals surface area contributed by atoms with Crippen LogP contribution in [0.2, 0.25) is 10.0 Å². The first-order valence-electron chi connectivity index (χ1n) is 11.7. The van der Waals surface area contributed by atoms with Gasteiger partial charge in [0.25, 0.3) is 17.7 Å². The highest BCUT2D eigenvalue weighted by molar-refractivity contribution is 6.39. The van der Waals surface area contributed by atoms with Crippen LogP contribution in [-0.4, -0.2) is 44.6 Å². The highest BCUT2D eigenvalue weighted by atomic mass is 35.5. The standard InChI is InChI=1S/C28H23Cl2N3O7/c1-15-8-9-17(13-19(15)29)33-27(36)18(26(35)32-28(33)37)10-16-11-20(30)25(23(12-16)39-3)40-14-24(34)31-21-6-4-5-7-22(21)38-2/h4-13H,14H2,1-3H3,(H,31,34)(H,32,35,37)/b18-10+. The molecule has 1 heterocycles. The number of barbiturate groups is 1. The van der Waals surface area contributed by atoms with Gasteiger partial charge in [-0.1, -0.05) is 41.4 Å². The molecular formula is C28H23Cl2N3O7. The summed E-state index contributed by atoms with van der Waals surface area (Å²) in [7, 11) is 2.85. The number of carbonyl (C=O) groups is 4. The lowest BCUT2D eigenvalue weighted by molar-refractivity contribution is -0.122. The van der Waals surface area contributed by atoms with Crippen LogP contribution in [0.25, 0.3) is 6.08 Å². The van der Waals surface area contributed by atoms with Crippen LogP contribution in [0.3, 0.4) is 0 Å². The van der Waals surface area contributed by atoms with E-state index in [9.17, 15) is 19.2 Å². The number of rotatable bonds is 8. The summed E-state index contributed by atoms with van der Waals surface area (Å²) < 4.78 is 16.2. The fraction of sp³-hybridized carbons (Fsp3) is 0.143. The molecule has 4 rings (SSSR count). The van der Waals surface area contributed by atoms with Gasteiger partial charge < -0.3 is 19.5 Å². The van der Waals surface area contributed by atoms with Crippen molar-refractivity contribution in [3.05, 3.63) is 81.3 Å². The molecule has 3 aromatic carbocycles. The number of imide groups is 2. The van der Waals surface area contributed by atoms with E-state index in [0.717, 1.165) is 10.5 Å². The minimum Gasteiger partial charge on any atom is -0.495 e. The molecule has 0 spiro atoms. The number of urea groups is 1. The molecule has 206 valence electrons. The van der Waals surface area contributed by atoms with E-state index in [4.69, 9.17) is 37.4 Å². The Kier molecular flexibility index (Phi) is 8.61. The van der Waals surface area contributed by atoms with E-state index in [1.165, 1.54) is 38.5 Å². The first kappa shape index (κ1) is 28.5. The van der Waals surface area contributed by atoms with Crippen molar-refractivity contribution in [2.24, 2.45) is 0 Å². The predicted molar refractivity (Wildman–Crippen MR) is 150 cm³/mol. The second-order valence-corrected chi connectivity index (χ2v) is 9.28. The zero-order chi connectivity index (χ0) is 29.0. The molecule has 0 bridgehead atoms. The Morgan fingerprint density at radius 1 is 0.975 bits per heavy atom. The summed E-state index contributed by atoms with van der Waals surface area (Å²) in [4.78, 5) is 51.6. The van der Waals surface area contributed by atoms with Crippen LogP contribution in [0, 0.1) is 6.92 Å². The number of ether oxygens (including phenoxy) is 3. The maximum Gasteiger partial charge on any atom is 0.335 e. The summed E-state index contributed by atoms with van der Waals surface area (Å²) in [6, 6.07) is 13.5. The molecule has 2 N–H and O–H groups in total. The maximum atomic E-state index is 13.2. The largest absolute Gasteiger partial charge is 0.495 e. The highest BCUT2D eigenvalue weighted by Gasteiger charge is 2.37. The number of aryl methyl sites for hydroxylation is 1. The molecule has 0 aromatic heterocycles. The van der Waals surface area contributed by atoms with E-state index in [1.807, 2.05) is 0 Å². The lowest BCUT2D eigenvalue weighted by Crippen LogP contribution is -2.54. The fourth-order valence-electron chi connectivity index (χ4n) is 3.81. The number of hydrogen-bond acceptors (Lipinski definition) is 7. The second kappa shape index (κ2) is 12.1. The van der Waals surface area contributed by atoms with Crippen LogP contribution < -0.4 is 29.7 Å². The van der Waals surface area contributed by atoms with Crippen molar-refractivity contribution in [1.82, 2.24) is 5.32 Å². The van der Waals surface area contributed by atoms with Gasteiger partial charge in [-0.2, -0.15) is 0 Å². The van der Waals surface area contributed by atoms with Gasteiger partial charge in [-0.3, -0.25) is 19.7 Å². The molecule has 0 unspecified atom stereocenters. The van der Waals surface area contributed by atoms with Crippen LogP contribution in [-0.2, 0) is 14.4 Å². The Bertz CT molecular complexity index is 1550. The molecule has 5 amide bonds. The number of anilines is 2. The molecule has 3 aromatic rings. The molecule has 1 fully saturated rings. The second-order valence-electron chi connectivity index (χ2n) is 8.46. The van der Waals surface area contributed by atoms with E-state index in [-0.39, 0.29) is 27.8 Å². The van der Waals surface area contributed by atoms with Gasteiger partial charge in [0.2, 0.25) is 0 Å². The zero-order valence-corrected chi connectivity index (χ0v) is 23.1. The molecule has 10 nitrogen and oxygen atoms in total. The number of para-hydroxylation sites is 2. The smallest absolute Gasteiger partial charge is 0.335 e. The molecule has 0 atom stereocenters. The number of methoxy groups -OCH3 is 2. The topological polar surface area (TPSA) is 123 Å². The third-order valence-electron chi connectivity index (χ3n) is 5.81. The van der Waals surface area contributed by atoms with Gasteiger partial charge in [-0.25, -0.2) is 9.69 Å². The van der Waals surface area contributed by atoms with Gasteiger partial charge in [-0.05, 0) is 60.5 Å². The van der Waals surface area contributed by atoms with Gasteiger partial charge in [0, 0.05) is 5.02 Å². The van der Waals surface area contributed by atoms with Crippen LogP contribution in [0.1, 0.15) is 11.1 Å². The first-order valence-corrected chi connectivity index (χ1v) is 12.5. The summed E-state index contributed by atoms with van der Waals surface area (Å²) in [5.41, 5.74) is 1.40. The number of nitrogens with one attached hydrogen (secondary N) is 2. The van der Waals surface area contributed by atoms with Crippen molar-refractivity contribution in [2.75, 3.05) is 31.0 Å². The van der Waals surface area contributed by atoms with Crippen molar-refractivity contribution in [1.29, 1.82) is 0 Å². The van der Waals surface area contributed by atoms with Crippen molar-refractivity contribution in [3.63, 3.8) is 0 Å². The van der Waals surface area contributed by atoms with Gasteiger partial charge in [0.1, 0.15) is 11.3 Å². The number of benzene rings is 3. The van der Waals surface area contributed by atoms with Crippen molar-refractivity contribution in [2.45, 2.75) is 6.92 Å². The average Bonchev–Trinajstić information content (AvgIpc) is 2.92. The molecule has 1 aliphatic rings. The summed E-state index contributed by atoms with van der Waals surface area (Å²) >= 11 is 12.6. The van der Waals surface area contributed by atoms with Crippen LogP contribution in [0.4, 0.5) is 16.2 Å². The number of nitrogens with zero attached hydrogens (tertiary/aromatic N) is 1. The Balaban J connectivity index is 1.56. The van der Waals surface area contributed by atoms with E-state index in [2.05, 4.69) is 10.6 Å². The highest BCUT2D eigenvalue weighted by Crippen LogP contribution is 2.37. The van der Waals surface area contributed by atoms with Crippen LogP contribution in [0.15, 0.2) is 60.2 Å². The molecule has 0 aliphatic carbocycles. The molecule has 0 radical (unpaired) electrons. The molecule has 12 heteroatoms. The van der Waals surface area contributed by atoms with Gasteiger partial charge in [0.05, 0.1) is 30.6 Å². The van der Waals surface area contributed by atoms with Gasteiger partial charge in [0.15, 0.2) is 18.1 Å². The van der Waals surface area contributed by atoms with Crippen LogP contribution in [0.5, 0.6) is 17.2 Å². The molecular weight excluding hydrogens is 561 g/mol. The lowest BCUT2D eigenvalue weighted by Gasteiger charge is -2.26. The Morgan fingerprint density at radius 3 is 2.40 bits per heavy atom. The molecule has 0 saturated carbocycles. The van der Waals surface area contributed by atoms with E-state index in [0.29, 0.717) is 22.0 Å². The number of amides is 5. The quantitative estimate of drug-likeness (QED) is 0.282. The Labute approximate surface area is 239 Å². The SMILES string of the molecule is COc1ccccc1NC(=O)COc1c(Cl)cc(/C=C2\C(=O)NC(=O)N(c3ccc(C)c(Cl)c3)C2=O)cc1OC. The van der Waals surface area contributed by atoms with Crippen LogP contribution >= 0.6 is 23.2 Å². The lowest BCUT2D eigenvalue weighted by atomic mass is 10.1. The maximum absolute atomic E-state index is 13.2. The summed E-state index contributed by atoms with van der Waals surface area (Å²) in [5, 5.41) is 5.24. The summed E-state index contributed by atoms with van der Waals surface area (Å²) in [6.45, 7) is 1.38. The summed E-state index contributed by atoms with van der Waals surface area (Å²) in [6.07, 6.45) is 1.26.